The number of hydrogen-bond acceptors (Lipinski definition) is 2. The average Bonchev–Trinajstić information content (AvgIpc) is 3.09. The van der Waals surface area contributed by atoms with Crippen LogP contribution in [0.25, 0.3) is 0 Å². The van der Waals surface area contributed by atoms with Gasteiger partial charge in [-0.25, -0.2) is 0 Å². The predicted octanol–water partition coefficient (Wildman–Crippen LogP) is 3.24. The third-order valence-electron chi connectivity index (χ3n) is 4.83. The number of likely N-dealkylation sites (tertiary alicyclic amines) is 1. The standard InChI is InChI=1S/C20H33N3O/c1-3-8-17(12-14-24)15-22-20(21-4-2)23-13-11-19(16-23)18-9-6-5-7-10-18/h5-7,9-10,17,19,24H,3-4,8,11-16H2,1-2H3,(H,21,22). The van der Waals surface area contributed by atoms with Crippen LogP contribution in [0.15, 0.2) is 35.3 Å². The lowest BCUT2D eigenvalue weighted by Gasteiger charge is -2.23. The predicted molar refractivity (Wildman–Crippen MR) is 101 cm³/mol. The van der Waals surface area contributed by atoms with Crippen molar-refractivity contribution in [3.63, 3.8) is 0 Å². The molecule has 2 N–H and O–H groups in total. The van der Waals surface area contributed by atoms with Crippen molar-refractivity contribution in [3.8, 4) is 0 Å². The second kappa shape index (κ2) is 10.3. The monoisotopic (exact) mass is 331 g/mol. The van der Waals surface area contributed by atoms with E-state index in [4.69, 9.17) is 4.99 Å². The number of aliphatic imine (C=N–C) groups is 1. The molecule has 0 amide bonds. The smallest absolute Gasteiger partial charge is 0.193 e. The van der Waals surface area contributed by atoms with Gasteiger partial charge in [0.05, 0.1) is 0 Å². The van der Waals surface area contributed by atoms with Crippen LogP contribution in [0.3, 0.4) is 0 Å². The van der Waals surface area contributed by atoms with Gasteiger partial charge in [0, 0.05) is 38.7 Å². The van der Waals surface area contributed by atoms with Crippen molar-refractivity contribution in [2.45, 2.75) is 45.4 Å². The van der Waals surface area contributed by atoms with E-state index in [1.54, 1.807) is 0 Å². The van der Waals surface area contributed by atoms with Crippen LogP contribution in [0.4, 0.5) is 0 Å². The fraction of sp³-hybridized carbons (Fsp3) is 0.650. The summed E-state index contributed by atoms with van der Waals surface area (Å²) in [4.78, 5) is 7.27. The first-order valence-corrected chi connectivity index (χ1v) is 9.47. The highest BCUT2D eigenvalue weighted by atomic mass is 16.3. The Hall–Kier alpha value is -1.55. The molecule has 1 fully saturated rings. The van der Waals surface area contributed by atoms with E-state index in [9.17, 15) is 5.11 Å². The number of rotatable bonds is 8. The number of hydrogen-bond donors (Lipinski definition) is 2. The Labute approximate surface area is 147 Å². The second-order valence-electron chi connectivity index (χ2n) is 6.70. The Morgan fingerprint density at radius 1 is 1.29 bits per heavy atom. The SMILES string of the molecule is CCCC(CCO)CN=C(NCC)N1CCC(c2ccccc2)C1. The molecule has 0 aliphatic carbocycles. The van der Waals surface area contributed by atoms with Crippen molar-refractivity contribution in [1.82, 2.24) is 10.2 Å². The summed E-state index contributed by atoms with van der Waals surface area (Å²) < 4.78 is 0. The van der Waals surface area contributed by atoms with Crippen LogP contribution in [-0.2, 0) is 0 Å². The second-order valence-corrected chi connectivity index (χ2v) is 6.70. The van der Waals surface area contributed by atoms with Gasteiger partial charge in [-0.05, 0) is 37.7 Å². The number of aliphatic hydroxyl groups is 1. The molecule has 0 radical (unpaired) electrons. The van der Waals surface area contributed by atoms with Crippen LogP contribution in [0.1, 0.15) is 51.0 Å². The van der Waals surface area contributed by atoms with Crippen LogP contribution < -0.4 is 5.32 Å². The van der Waals surface area contributed by atoms with Gasteiger partial charge >= 0.3 is 0 Å². The molecule has 1 aliphatic rings. The molecular weight excluding hydrogens is 298 g/mol. The lowest BCUT2D eigenvalue weighted by atomic mass is 9.99. The zero-order valence-corrected chi connectivity index (χ0v) is 15.2. The summed E-state index contributed by atoms with van der Waals surface area (Å²) in [7, 11) is 0. The largest absolute Gasteiger partial charge is 0.396 e. The molecule has 2 atom stereocenters. The van der Waals surface area contributed by atoms with Gasteiger partial charge in [0.15, 0.2) is 5.96 Å². The minimum atomic E-state index is 0.260. The third-order valence-corrected chi connectivity index (χ3v) is 4.83. The zero-order valence-electron chi connectivity index (χ0n) is 15.2. The molecule has 134 valence electrons. The molecule has 0 spiro atoms. The minimum absolute atomic E-state index is 0.260. The van der Waals surface area contributed by atoms with Crippen molar-refractivity contribution in [2.24, 2.45) is 10.9 Å². The van der Waals surface area contributed by atoms with Gasteiger partial charge in [-0.3, -0.25) is 4.99 Å². The average molecular weight is 332 g/mol. The molecule has 2 rings (SSSR count). The first-order valence-electron chi connectivity index (χ1n) is 9.47. The van der Waals surface area contributed by atoms with Crippen molar-refractivity contribution in [2.75, 3.05) is 32.8 Å². The maximum absolute atomic E-state index is 9.23. The first kappa shape index (κ1) is 18.8. The molecule has 0 bridgehead atoms. The van der Waals surface area contributed by atoms with Gasteiger partial charge < -0.3 is 15.3 Å². The van der Waals surface area contributed by atoms with E-state index < -0.39 is 0 Å². The summed E-state index contributed by atoms with van der Waals surface area (Å²) in [5, 5.41) is 12.7. The maximum Gasteiger partial charge on any atom is 0.193 e. The summed E-state index contributed by atoms with van der Waals surface area (Å²) in [6, 6.07) is 10.8. The molecule has 1 aliphatic heterocycles. The number of nitrogens with zero attached hydrogens (tertiary/aromatic N) is 2. The van der Waals surface area contributed by atoms with Gasteiger partial charge in [0.25, 0.3) is 0 Å². The molecule has 1 aromatic carbocycles. The lowest BCUT2D eigenvalue weighted by molar-refractivity contribution is 0.253. The van der Waals surface area contributed by atoms with Gasteiger partial charge in [-0.15, -0.1) is 0 Å². The van der Waals surface area contributed by atoms with E-state index >= 15 is 0 Å². The molecule has 2 unspecified atom stereocenters. The molecule has 0 saturated carbocycles. The summed E-state index contributed by atoms with van der Waals surface area (Å²) in [5.74, 6) is 2.12. The van der Waals surface area contributed by atoms with Crippen LogP contribution >= 0.6 is 0 Å². The summed E-state index contributed by atoms with van der Waals surface area (Å²) in [5.41, 5.74) is 1.43. The summed E-state index contributed by atoms with van der Waals surface area (Å²) >= 11 is 0. The molecule has 1 aromatic rings. The Balaban J connectivity index is 1.98. The molecule has 4 heteroatoms. The maximum atomic E-state index is 9.23. The van der Waals surface area contributed by atoms with Gasteiger partial charge in [0.1, 0.15) is 0 Å². The highest BCUT2D eigenvalue weighted by molar-refractivity contribution is 5.80. The molecule has 1 heterocycles. The first-order chi connectivity index (χ1) is 11.8. The highest BCUT2D eigenvalue weighted by Crippen LogP contribution is 2.27. The Morgan fingerprint density at radius 2 is 2.08 bits per heavy atom. The van der Waals surface area contributed by atoms with Gasteiger partial charge in [0.2, 0.25) is 0 Å². The van der Waals surface area contributed by atoms with E-state index in [1.165, 1.54) is 12.0 Å². The molecule has 4 nitrogen and oxygen atoms in total. The number of nitrogens with one attached hydrogen (secondary N) is 1. The number of guanidine groups is 1. The van der Waals surface area contributed by atoms with Crippen molar-refractivity contribution in [1.29, 1.82) is 0 Å². The summed E-state index contributed by atoms with van der Waals surface area (Å²) in [6.45, 7) is 8.38. The number of aliphatic hydroxyl groups excluding tert-OH is 1. The van der Waals surface area contributed by atoms with Crippen LogP contribution in [-0.4, -0.2) is 48.8 Å². The Kier molecular flexibility index (Phi) is 8.10. The zero-order chi connectivity index (χ0) is 17.2. The quantitative estimate of drug-likeness (QED) is 0.568. The van der Waals surface area contributed by atoms with Crippen LogP contribution in [0.5, 0.6) is 0 Å². The minimum Gasteiger partial charge on any atom is -0.396 e. The lowest BCUT2D eigenvalue weighted by Crippen LogP contribution is -2.40. The highest BCUT2D eigenvalue weighted by Gasteiger charge is 2.26. The fourth-order valence-corrected chi connectivity index (χ4v) is 3.51. The van der Waals surface area contributed by atoms with E-state index in [0.29, 0.717) is 11.8 Å². The van der Waals surface area contributed by atoms with Crippen molar-refractivity contribution < 1.29 is 5.11 Å². The number of benzene rings is 1. The molecule has 0 aromatic heterocycles. The third kappa shape index (κ3) is 5.52. The van der Waals surface area contributed by atoms with E-state index in [0.717, 1.165) is 51.4 Å². The van der Waals surface area contributed by atoms with Gasteiger partial charge in [-0.2, -0.15) is 0 Å². The molecule has 1 saturated heterocycles. The topological polar surface area (TPSA) is 47.9 Å². The Morgan fingerprint density at radius 3 is 2.75 bits per heavy atom. The van der Waals surface area contributed by atoms with Crippen molar-refractivity contribution in [3.05, 3.63) is 35.9 Å². The fourth-order valence-electron chi connectivity index (χ4n) is 3.51. The molecule has 24 heavy (non-hydrogen) atoms. The van der Waals surface area contributed by atoms with E-state index in [2.05, 4.69) is 54.4 Å². The van der Waals surface area contributed by atoms with E-state index in [-0.39, 0.29) is 6.61 Å². The van der Waals surface area contributed by atoms with E-state index in [1.807, 2.05) is 0 Å². The van der Waals surface area contributed by atoms with Gasteiger partial charge in [-0.1, -0.05) is 43.7 Å². The van der Waals surface area contributed by atoms with Crippen LogP contribution in [0.2, 0.25) is 0 Å². The van der Waals surface area contributed by atoms with Crippen molar-refractivity contribution >= 4 is 5.96 Å². The van der Waals surface area contributed by atoms with Crippen LogP contribution in [0, 0.1) is 5.92 Å². The Bertz CT molecular complexity index is 483. The summed E-state index contributed by atoms with van der Waals surface area (Å²) in [6.07, 6.45) is 4.32. The normalized spacial score (nSPS) is 19.5. The molecular formula is C20H33N3O.